The zero-order valence-electron chi connectivity index (χ0n) is 17.8. The Kier molecular flexibility index (Phi) is 7.22. The normalized spacial score (nSPS) is 19.5. The van der Waals surface area contributed by atoms with Crippen LogP contribution in [0.1, 0.15) is 65.0 Å². The van der Waals surface area contributed by atoms with E-state index in [0.29, 0.717) is 25.4 Å². The van der Waals surface area contributed by atoms with Crippen LogP contribution in [-0.4, -0.2) is 28.2 Å². The Morgan fingerprint density at radius 3 is 2.29 bits per heavy atom. The molecule has 1 heterocycles. The van der Waals surface area contributed by atoms with E-state index in [1.165, 1.54) is 0 Å². The van der Waals surface area contributed by atoms with Gasteiger partial charge < -0.3 is 11.1 Å². The second-order valence-corrected chi connectivity index (χ2v) is 8.28. The van der Waals surface area contributed by atoms with Crippen molar-refractivity contribution in [3.05, 3.63) is 35.4 Å². The van der Waals surface area contributed by atoms with E-state index in [1.807, 2.05) is 45.0 Å². The monoisotopic (exact) mass is 386 g/mol. The number of nitrogens with one attached hydrogen (secondary N) is 1. The number of aliphatic imine (C=N–C) groups is 1. The molecule has 2 rings (SSSR count). The van der Waals surface area contributed by atoms with Crippen molar-refractivity contribution in [1.82, 2.24) is 10.2 Å². The van der Waals surface area contributed by atoms with Crippen LogP contribution in [0.2, 0.25) is 0 Å². The lowest BCUT2D eigenvalue weighted by atomic mass is 9.91. The van der Waals surface area contributed by atoms with Gasteiger partial charge >= 0.3 is 0 Å². The average Bonchev–Trinajstić information content (AvgIpc) is 2.84. The van der Waals surface area contributed by atoms with Gasteiger partial charge in [0.15, 0.2) is 5.96 Å². The van der Waals surface area contributed by atoms with Crippen molar-refractivity contribution in [3.63, 3.8) is 0 Å². The van der Waals surface area contributed by atoms with Crippen molar-refractivity contribution >= 4 is 17.8 Å². The summed E-state index contributed by atoms with van der Waals surface area (Å²) in [6.45, 7) is 11.0. The standard InChI is InChI=1S/C22H34N4O2/c1-6-18(7-2)19(27)24-13-16-8-10-17(11-9-16)14-26-20(28)22(5,12-15(3)4)25-21(26)23/h8-11,15,18H,6-7,12-14H2,1-5H3,(H2,23,25)(H,24,27). The minimum atomic E-state index is -0.766. The number of nitrogens with two attached hydrogens (primary N) is 1. The lowest BCUT2D eigenvalue weighted by molar-refractivity contribution is -0.131. The molecule has 1 aromatic carbocycles. The quantitative estimate of drug-likeness (QED) is 0.683. The van der Waals surface area contributed by atoms with E-state index in [2.05, 4.69) is 24.2 Å². The molecule has 0 saturated heterocycles. The number of amides is 2. The number of rotatable bonds is 9. The van der Waals surface area contributed by atoms with Gasteiger partial charge in [-0.25, -0.2) is 4.99 Å². The molecule has 0 spiro atoms. The van der Waals surface area contributed by atoms with Crippen LogP contribution in [0.5, 0.6) is 0 Å². The third-order valence-electron chi connectivity index (χ3n) is 5.34. The Morgan fingerprint density at radius 1 is 1.18 bits per heavy atom. The summed E-state index contributed by atoms with van der Waals surface area (Å²) in [7, 11) is 0. The second-order valence-electron chi connectivity index (χ2n) is 8.28. The first-order valence-electron chi connectivity index (χ1n) is 10.2. The van der Waals surface area contributed by atoms with Crippen molar-refractivity contribution in [2.45, 2.75) is 72.5 Å². The van der Waals surface area contributed by atoms with Crippen LogP contribution in [0.3, 0.4) is 0 Å². The highest BCUT2D eigenvalue weighted by atomic mass is 16.2. The minimum absolute atomic E-state index is 0.0415. The first-order valence-corrected chi connectivity index (χ1v) is 10.2. The smallest absolute Gasteiger partial charge is 0.257 e. The molecule has 1 aromatic rings. The maximum atomic E-state index is 12.8. The molecule has 0 aliphatic carbocycles. The summed E-state index contributed by atoms with van der Waals surface area (Å²) in [5, 5.41) is 2.99. The fraction of sp³-hybridized carbons (Fsp3) is 0.591. The Balaban J connectivity index is 1.97. The molecular formula is C22H34N4O2. The molecule has 1 unspecified atom stereocenters. The summed E-state index contributed by atoms with van der Waals surface area (Å²) in [6.07, 6.45) is 2.38. The molecule has 1 atom stereocenters. The van der Waals surface area contributed by atoms with Gasteiger partial charge in [0.2, 0.25) is 5.91 Å². The van der Waals surface area contributed by atoms with E-state index in [4.69, 9.17) is 5.73 Å². The molecule has 28 heavy (non-hydrogen) atoms. The van der Waals surface area contributed by atoms with Crippen molar-refractivity contribution in [1.29, 1.82) is 0 Å². The molecular weight excluding hydrogens is 352 g/mol. The highest BCUT2D eigenvalue weighted by Crippen LogP contribution is 2.29. The molecule has 154 valence electrons. The molecule has 3 N–H and O–H groups in total. The van der Waals surface area contributed by atoms with E-state index in [-0.39, 0.29) is 23.7 Å². The molecule has 0 radical (unpaired) electrons. The Morgan fingerprint density at radius 2 is 1.75 bits per heavy atom. The first kappa shape index (κ1) is 21.9. The van der Waals surface area contributed by atoms with E-state index >= 15 is 0 Å². The largest absolute Gasteiger partial charge is 0.369 e. The molecule has 2 amide bonds. The van der Waals surface area contributed by atoms with Crippen LogP contribution >= 0.6 is 0 Å². The van der Waals surface area contributed by atoms with Crippen molar-refractivity contribution < 1.29 is 9.59 Å². The maximum Gasteiger partial charge on any atom is 0.257 e. The van der Waals surface area contributed by atoms with Gasteiger partial charge in [-0.2, -0.15) is 0 Å². The fourth-order valence-electron chi connectivity index (χ4n) is 3.77. The van der Waals surface area contributed by atoms with E-state index in [0.717, 1.165) is 24.0 Å². The van der Waals surface area contributed by atoms with E-state index < -0.39 is 5.54 Å². The Hall–Kier alpha value is -2.37. The van der Waals surface area contributed by atoms with Crippen LogP contribution in [0, 0.1) is 11.8 Å². The predicted molar refractivity (Wildman–Crippen MR) is 112 cm³/mol. The summed E-state index contributed by atoms with van der Waals surface area (Å²) in [5.74, 6) is 0.780. The van der Waals surface area contributed by atoms with Crippen LogP contribution in [0.15, 0.2) is 29.3 Å². The first-order chi connectivity index (χ1) is 13.2. The molecule has 0 fully saturated rings. The van der Waals surface area contributed by atoms with Gasteiger partial charge in [0.05, 0.1) is 6.54 Å². The molecule has 0 aromatic heterocycles. The molecule has 1 aliphatic rings. The number of nitrogens with zero attached hydrogens (tertiary/aromatic N) is 2. The molecule has 0 bridgehead atoms. The third-order valence-corrected chi connectivity index (χ3v) is 5.34. The zero-order valence-corrected chi connectivity index (χ0v) is 17.8. The predicted octanol–water partition coefficient (Wildman–Crippen LogP) is 3.20. The average molecular weight is 387 g/mol. The van der Waals surface area contributed by atoms with Crippen LogP contribution < -0.4 is 11.1 Å². The number of hydrogen-bond donors (Lipinski definition) is 2. The highest BCUT2D eigenvalue weighted by Gasteiger charge is 2.43. The van der Waals surface area contributed by atoms with Gasteiger partial charge in [0.25, 0.3) is 5.91 Å². The third kappa shape index (κ3) is 5.12. The summed E-state index contributed by atoms with van der Waals surface area (Å²) in [5.41, 5.74) is 7.29. The number of guanidine groups is 1. The fourth-order valence-corrected chi connectivity index (χ4v) is 3.77. The van der Waals surface area contributed by atoms with Crippen LogP contribution in [-0.2, 0) is 22.7 Å². The van der Waals surface area contributed by atoms with Gasteiger partial charge in [0, 0.05) is 12.5 Å². The molecule has 6 heteroatoms. The summed E-state index contributed by atoms with van der Waals surface area (Å²) in [4.78, 5) is 30.9. The van der Waals surface area contributed by atoms with Crippen LogP contribution in [0.25, 0.3) is 0 Å². The van der Waals surface area contributed by atoms with Gasteiger partial charge in [-0.15, -0.1) is 0 Å². The lowest BCUT2D eigenvalue weighted by Crippen LogP contribution is -2.43. The minimum Gasteiger partial charge on any atom is -0.369 e. The van der Waals surface area contributed by atoms with E-state index in [1.54, 1.807) is 4.90 Å². The zero-order chi connectivity index (χ0) is 20.9. The van der Waals surface area contributed by atoms with Gasteiger partial charge in [0.1, 0.15) is 5.54 Å². The van der Waals surface area contributed by atoms with Crippen molar-refractivity contribution in [2.75, 3.05) is 0 Å². The summed E-state index contributed by atoms with van der Waals surface area (Å²) in [6, 6.07) is 7.89. The number of carbonyl (C=O) groups excluding carboxylic acids is 2. The van der Waals surface area contributed by atoms with Gasteiger partial charge in [-0.05, 0) is 43.2 Å². The molecule has 0 saturated carbocycles. The van der Waals surface area contributed by atoms with Crippen molar-refractivity contribution in [3.8, 4) is 0 Å². The Bertz CT molecular complexity index is 723. The highest BCUT2D eigenvalue weighted by molar-refractivity contribution is 6.06. The van der Waals surface area contributed by atoms with Gasteiger partial charge in [-0.3, -0.25) is 14.5 Å². The SMILES string of the molecule is CCC(CC)C(=O)NCc1ccc(CN2C(=O)C(C)(CC(C)C)N=C2N)cc1. The number of carbonyl (C=O) groups is 2. The van der Waals surface area contributed by atoms with Crippen LogP contribution in [0.4, 0.5) is 0 Å². The van der Waals surface area contributed by atoms with Crippen molar-refractivity contribution in [2.24, 2.45) is 22.6 Å². The topological polar surface area (TPSA) is 87.8 Å². The molecule has 1 aliphatic heterocycles. The number of benzene rings is 1. The molecule has 6 nitrogen and oxygen atoms in total. The van der Waals surface area contributed by atoms with Gasteiger partial charge in [-0.1, -0.05) is 52.0 Å². The second kappa shape index (κ2) is 9.22. The van der Waals surface area contributed by atoms with E-state index in [9.17, 15) is 9.59 Å². The number of hydrogen-bond acceptors (Lipinski definition) is 4. The Labute approximate surface area is 168 Å². The lowest BCUT2D eigenvalue weighted by Gasteiger charge is -2.23. The summed E-state index contributed by atoms with van der Waals surface area (Å²) < 4.78 is 0. The maximum absolute atomic E-state index is 12.8. The summed E-state index contributed by atoms with van der Waals surface area (Å²) >= 11 is 0.